The van der Waals surface area contributed by atoms with Crippen molar-refractivity contribution in [2.75, 3.05) is 19.3 Å². The van der Waals surface area contributed by atoms with Crippen LogP contribution in [0.15, 0.2) is 48.7 Å². The molecule has 0 saturated heterocycles. The molecule has 0 aliphatic rings. The molecule has 1 heterocycles. The third-order valence-corrected chi connectivity index (χ3v) is 5.07. The third kappa shape index (κ3) is 5.91. The van der Waals surface area contributed by atoms with E-state index in [-0.39, 0.29) is 24.0 Å². The number of sulfonamides is 1. The van der Waals surface area contributed by atoms with Crippen molar-refractivity contribution in [3.8, 4) is 0 Å². The lowest BCUT2D eigenvalue weighted by Gasteiger charge is -2.17. The van der Waals surface area contributed by atoms with Crippen LogP contribution in [0.4, 0.5) is 4.39 Å². The molecule has 8 heteroatoms. The average Bonchev–Trinajstić information content (AvgIpc) is 2.61. The maximum Gasteiger partial charge on any atom is 0.227 e. The number of halogens is 1. The topological polar surface area (TPSA) is 88.2 Å². The lowest BCUT2D eigenvalue weighted by molar-refractivity contribution is -0.122. The molecule has 134 valence electrons. The summed E-state index contributed by atoms with van der Waals surface area (Å²) in [6.45, 7) is -0.0120. The predicted molar refractivity (Wildman–Crippen MR) is 92.9 cm³/mol. The zero-order valence-corrected chi connectivity index (χ0v) is 14.6. The summed E-state index contributed by atoms with van der Waals surface area (Å²) in [5, 5.41) is 2.63. The summed E-state index contributed by atoms with van der Waals surface area (Å²) < 4.78 is 38.2. The highest BCUT2D eigenvalue weighted by Crippen LogP contribution is 2.21. The minimum atomic E-state index is -3.40. The number of carbonyl (C=O) groups is 1. The largest absolute Gasteiger partial charge is 0.354 e. The molecule has 2 aromatic rings. The predicted octanol–water partition coefficient (Wildman–Crippen LogP) is 1.21. The van der Waals surface area contributed by atoms with Crippen molar-refractivity contribution >= 4 is 15.9 Å². The standard InChI is InChI=1S/C17H20FN3O3S/c1-19-25(23,24)11-10-21-17(22)16(12-15-4-2-3-9-20-15)13-5-7-14(18)8-6-13/h2-9,16,19H,10-12H2,1H3,(H,21,22). The monoisotopic (exact) mass is 365 g/mol. The number of aromatic nitrogens is 1. The van der Waals surface area contributed by atoms with Crippen LogP contribution in [0.25, 0.3) is 0 Å². The van der Waals surface area contributed by atoms with Gasteiger partial charge in [0.2, 0.25) is 15.9 Å². The molecule has 2 N–H and O–H groups in total. The van der Waals surface area contributed by atoms with Gasteiger partial charge in [-0.1, -0.05) is 18.2 Å². The number of hydrogen-bond donors (Lipinski definition) is 2. The molecule has 25 heavy (non-hydrogen) atoms. The van der Waals surface area contributed by atoms with Gasteiger partial charge in [0.25, 0.3) is 0 Å². The van der Waals surface area contributed by atoms with Crippen LogP contribution in [0.5, 0.6) is 0 Å². The van der Waals surface area contributed by atoms with E-state index in [2.05, 4.69) is 15.0 Å². The van der Waals surface area contributed by atoms with Crippen molar-refractivity contribution in [3.05, 3.63) is 65.7 Å². The van der Waals surface area contributed by atoms with Crippen LogP contribution in [-0.2, 0) is 21.2 Å². The molecule has 0 spiro atoms. The van der Waals surface area contributed by atoms with Gasteiger partial charge in [0.05, 0.1) is 11.7 Å². The first kappa shape index (κ1) is 19.0. The van der Waals surface area contributed by atoms with Crippen LogP contribution >= 0.6 is 0 Å². The second-order valence-electron chi connectivity index (χ2n) is 5.44. The summed E-state index contributed by atoms with van der Waals surface area (Å²) >= 11 is 0. The van der Waals surface area contributed by atoms with E-state index >= 15 is 0 Å². The first-order valence-electron chi connectivity index (χ1n) is 7.75. The van der Waals surface area contributed by atoms with Gasteiger partial charge >= 0.3 is 0 Å². The Morgan fingerprint density at radius 1 is 1.20 bits per heavy atom. The normalized spacial score (nSPS) is 12.6. The van der Waals surface area contributed by atoms with E-state index in [1.54, 1.807) is 30.5 Å². The lowest BCUT2D eigenvalue weighted by Crippen LogP contribution is -2.36. The van der Waals surface area contributed by atoms with E-state index in [0.29, 0.717) is 12.0 Å². The van der Waals surface area contributed by atoms with Gasteiger partial charge in [-0.15, -0.1) is 0 Å². The second-order valence-corrected chi connectivity index (χ2v) is 7.49. The fourth-order valence-corrected chi connectivity index (χ4v) is 2.89. The summed E-state index contributed by atoms with van der Waals surface area (Å²) in [5.41, 5.74) is 1.36. The molecule has 1 amide bonds. The zero-order valence-electron chi connectivity index (χ0n) is 13.8. The smallest absolute Gasteiger partial charge is 0.227 e. The number of carbonyl (C=O) groups excluding carboxylic acids is 1. The summed E-state index contributed by atoms with van der Waals surface area (Å²) in [4.78, 5) is 16.8. The maximum atomic E-state index is 13.2. The molecule has 6 nitrogen and oxygen atoms in total. The van der Waals surface area contributed by atoms with Gasteiger partial charge in [-0.25, -0.2) is 17.5 Å². The van der Waals surface area contributed by atoms with Crippen LogP contribution in [-0.4, -0.2) is 38.7 Å². The fourth-order valence-electron chi connectivity index (χ4n) is 2.32. The van der Waals surface area contributed by atoms with Gasteiger partial charge in [0.1, 0.15) is 5.82 Å². The molecular weight excluding hydrogens is 345 g/mol. The van der Waals surface area contributed by atoms with E-state index in [9.17, 15) is 17.6 Å². The Morgan fingerprint density at radius 3 is 2.52 bits per heavy atom. The molecule has 0 saturated carbocycles. The molecule has 0 radical (unpaired) electrons. The Labute approximate surface area is 146 Å². The molecule has 2 rings (SSSR count). The van der Waals surface area contributed by atoms with Crippen LogP contribution in [0, 0.1) is 5.82 Å². The summed E-state index contributed by atoms with van der Waals surface area (Å²) in [7, 11) is -2.08. The summed E-state index contributed by atoms with van der Waals surface area (Å²) in [6, 6.07) is 11.1. The Morgan fingerprint density at radius 2 is 1.92 bits per heavy atom. The van der Waals surface area contributed by atoms with Crippen molar-refractivity contribution in [1.29, 1.82) is 0 Å². The Balaban J connectivity index is 2.13. The van der Waals surface area contributed by atoms with Gasteiger partial charge in [0.15, 0.2) is 0 Å². The van der Waals surface area contributed by atoms with Crippen molar-refractivity contribution < 1.29 is 17.6 Å². The minimum Gasteiger partial charge on any atom is -0.354 e. The fraction of sp³-hybridized carbons (Fsp3) is 0.294. The first-order chi connectivity index (χ1) is 11.9. The molecule has 0 aliphatic carbocycles. The number of nitrogens with zero attached hydrogens (tertiary/aromatic N) is 1. The molecule has 1 aromatic carbocycles. The quantitative estimate of drug-likeness (QED) is 0.736. The summed E-state index contributed by atoms with van der Waals surface area (Å²) in [5.74, 6) is -1.52. The van der Waals surface area contributed by atoms with E-state index in [4.69, 9.17) is 0 Å². The van der Waals surface area contributed by atoms with Crippen LogP contribution in [0.2, 0.25) is 0 Å². The van der Waals surface area contributed by atoms with Gasteiger partial charge in [-0.3, -0.25) is 9.78 Å². The number of nitrogens with one attached hydrogen (secondary N) is 2. The number of hydrogen-bond acceptors (Lipinski definition) is 4. The molecule has 1 atom stereocenters. The Bertz CT molecular complexity index is 796. The van der Waals surface area contributed by atoms with E-state index in [0.717, 1.165) is 5.69 Å². The van der Waals surface area contributed by atoms with Crippen LogP contribution in [0.1, 0.15) is 17.2 Å². The molecular formula is C17H20FN3O3S. The van der Waals surface area contributed by atoms with E-state index in [1.807, 2.05) is 6.07 Å². The second kappa shape index (κ2) is 8.68. The van der Waals surface area contributed by atoms with Gasteiger partial charge in [0, 0.05) is 24.9 Å². The maximum absolute atomic E-state index is 13.2. The minimum absolute atomic E-state index is 0.0120. The van der Waals surface area contributed by atoms with Gasteiger partial charge in [-0.05, 0) is 36.9 Å². The number of amides is 1. The van der Waals surface area contributed by atoms with Gasteiger partial charge in [-0.2, -0.15) is 0 Å². The highest BCUT2D eigenvalue weighted by molar-refractivity contribution is 7.89. The lowest BCUT2D eigenvalue weighted by atomic mass is 9.93. The Hall–Kier alpha value is -2.32. The number of rotatable bonds is 8. The number of pyridine rings is 1. The van der Waals surface area contributed by atoms with Crippen molar-refractivity contribution in [3.63, 3.8) is 0 Å². The Kier molecular flexibility index (Phi) is 6.60. The highest BCUT2D eigenvalue weighted by Gasteiger charge is 2.22. The first-order valence-corrected chi connectivity index (χ1v) is 9.41. The van der Waals surface area contributed by atoms with Crippen molar-refractivity contribution in [2.45, 2.75) is 12.3 Å². The zero-order chi connectivity index (χ0) is 18.3. The third-order valence-electron chi connectivity index (χ3n) is 3.71. The average molecular weight is 365 g/mol. The molecule has 0 aliphatic heterocycles. The molecule has 0 bridgehead atoms. The van der Waals surface area contributed by atoms with Crippen LogP contribution < -0.4 is 10.0 Å². The highest BCUT2D eigenvalue weighted by atomic mass is 32.2. The number of benzene rings is 1. The van der Waals surface area contributed by atoms with Gasteiger partial charge < -0.3 is 5.32 Å². The molecule has 1 aromatic heterocycles. The SMILES string of the molecule is CNS(=O)(=O)CCNC(=O)C(Cc1ccccn1)c1ccc(F)cc1. The molecule has 0 fully saturated rings. The molecule has 1 unspecified atom stereocenters. The van der Waals surface area contributed by atoms with Crippen LogP contribution in [0.3, 0.4) is 0 Å². The van der Waals surface area contributed by atoms with Crippen molar-refractivity contribution in [2.24, 2.45) is 0 Å². The van der Waals surface area contributed by atoms with E-state index < -0.39 is 15.9 Å². The van der Waals surface area contributed by atoms with E-state index in [1.165, 1.54) is 19.2 Å². The summed E-state index contributed by atoms with van der Waals surface area (Å²) in [6.07, 6.45) is 1.96. The van der Waals surface area contributed by atoms with Crippen molar-refractivity contribution in [1.82, 2.24) is 15.0 Å².